The zero-order chi connectivity index (χ0) is 14.6. The molecule has 3 nitrogen and oxygen atoms in total. The topological polar surface area (TPSA) is 46.5 Å². The van der Waals surface area contributed by atoms with Crippen LogP contribution in [0.2, 0.25) is 0 Å². The van der Waals surface area contributed by atoms with Crippen LogP contribution >= 0.6 is 0 Å². The van der Waals surface area contributed by atoms with Gasteiger partial charge in [0.25, 0.3) is 0 Å². The fourth-order valence-corrected chi connectivity index (χ4v) is 2.00. The molecule has 0 aliphatic heterocycles. The van der Waals surface area contributed by atoms with Gasteiger partial charge in [-0.15, -0.1) is 0 Å². The van der Waals surface area contributed by atoms with Crippen molar-refractivity contribution in [1.29, 1.82) is 0 Å². The number of carboxylic acids is 1. The molecular weight excluding hydrogens is 240 g/mol. The Bertz CT molecular complexity index is 465. The lowest BCUT2D eigenvalue weighted by Crippen LogP contribution is -2.41. The molecule has 0 bridgehead atoms. The average Bonchev–Trinajstić information content (AvgIpc) is 2.37. The summed E-state index contributed by atoms with van der Waals surface area (Å²) in [5.74, 6) is -0.234. The minimum atomic E-state index is -1.15. The van der Waals surface area contributed by atoms with Gasteiger partial charge in [-0.25, -0.2) is 4.79 Å². The number of benzene rings is 1. The fourth-order valence-electron chi connectivity index (χ4n) is 2.00. The van der Waals surface area contributed by atoms with E-state index in [1.807, 2.05) is 39.8 Å². The lowest BCUT2D eigenvalue weighted by atomic mass is 9.98. The highest BCUT2D eigenvalue weighted by atomic mass is 16.5. The van der Waals surface area contributed by atoms with Crippen molar-refractivity contribution in [3.05, 3.63) is 28.8 Å². The van der Waals surface area contributed by atoms with Crippen LogP contribution in [0.25, 0.3) is 0 Å². The van der Waals surface area contributed by atoms with Crippen LogP contribution in [0.1, 0.15) is 49.8 Å². The van der Waals surface area contributed by atoms with E-state index >= 15 is 0 Å². The summed E-state index contributed by atoms with van der Waals surface area (Å²) >= 11 is 0. The van der Waals surface area contributed by atoms with Crippen molar-refractivity contribution in [3.63, 3.8) is 0 Å². The second kappa shape index (κ2) is 6.09. The molecule has 0 aromatic heterocycles. The van der Waals surface area contributed by atoms with Crippen LogP contribution in [-0.4, -0.2) is 16.7 Å². The molecule has 1 atom stereocenters. The van der Waals surface area contributed by atoms with Crippen molar-refractivity contribution < 1.29 is 14.6 Å². The molecular formula is C16H24O3. The standard InChI is InChI=1S/C16H24O3/c1-6-7-10-16(5,15(17)18)19-14-9-8-11(2)12(3)13(14)4/h8-9H,6-7,10H2,1-5H3,(H,17,18). The molecule has 0 heterocycles. The molecule has 0 radical (unpaired) electrons. The summed E-state index contributed by atoms with van der Waals surface area (Å²) in [6.45, 7) is 9.74. The minimum Gasteiger partial charge on any atom is -0.478 e. The number of aliphatic carboxylic acids is 1. The van der Waals surface area contributed by atoms with Crippen molar-refractivity contribution >= 4 is 5.97 Å². The molecule has 0 saturated heterocycles. The van der Waals surface area contributed by atoms with E-state index in [0.717, 1.165) is 24.0 Å². The Hall–Kier alpha value is -1.51. The number of unbranched alkanes of at least 4 members (excludes halogenated alkanes) is 1. The van der Waals surface area contributed by atoms with Crippen LogP contribution in [0, 0.1) is 20.8 Å². The number of carbonyl (C=O) groups is 1. The third kappa shape index (κ3) is 3.49. The van der Waals surface area contributed by atoms with Crippen molar-refractivity contribution in [2.24, 2.45) is 0 Å². The van der Waals surface area contributed by atoms with Gasteiger partial charge in [-0.1, -0.05) is 19.4 Å². The number of ether oxygens (including phenoxy) is 1. The Morgan fingerprint density at radius 3 is 2.42 bits per heavy atom. The highest BCUT2D eigenvalue weighted by molar-refractivity contribution is 5.77. The summed E-state index contributed by atoms with van der Waals surface area (Å²) < 4.78 is 5.83. The first-order valence-corrected chi connectivity index (χ1v) is 6.81. The van der Waals surface area contributed by atoms with Crippen molar-refractivity contribution in [3.8, 4) is 5.75 Å². The summed E-state index contributed by atoms with van der Waals surface area (Å²) in [7, 11) is 0. The van der Waals surface area contributed by atoms with Gasteiger partial charge in [0, 0.05) is 0 Å². The molecule has 1 rings (SSSR count). The summed E-state index contributed by atoms with van der Waals surface area (Å²) in [6, 6.07) is 3.84. The van der Waals surface area contributed by atoms with Crippen LogP contribution in [-0.2, 0) is 4.79 Å². The lowest BCUT2D eigenvalue weighted by Gasteiger charge is -2.27. The number of aryl methyl sites for hydroxylation is 1. The monoisotopic (exact) mass is 264 g/mol. The van der Waals surface area contributed by atoms with Crippen molar-refractivity contribution in [1.82, 2.24) is 0 Å². The van der Waals surface area contributed by atoms with Crippen molar-refractivity contribution in [2.75, 3.05) is 0 Å². The van der Waals surface area contributed by atoms with Gasteiger partial charge >= 0.3 is 5.97 Å². The zero-order valence-electron chi connectivity index (χ0n) is 12.5. The minimum absolute atomic E-state index is 0.519. The Balaban J connectivity index is 3.04. The maximum Gasteiger partial charge on any atom is 0.347 e. The summed E-state index contributed by atoms with van der Waals surface area (Å²) in [4.78, 5) is 11.5. The maximum atomic E-state index is 11.5. The smallest absolute Gasteiger partial charge is 0.347 e. The third-order valence-corrected chi connectivity index (χ3v) is 3.80. The maximum absolute atomic E-state index is 11.5. The molecule has 1 aromatic carbocycles. The van der Waals surface area contributed by atoms with E-state index in [0.29, 0.717) is 12.2 Å². The summed E-state index contributed by atoms with van der Waals surface area (Å²) in [5.41, 5.74) is 2.21. The molecule has 19 heavy (non-hydrogen) atoms. The highest BCUT2D eigenvalue weighted by Crippen LogP contribution is 2.29. The van der Waals surface area contributed by atoms with E-state index < -0.39 is 11.6 Å². The van der Waals surface area contributed by atoms with Crippen molar-refractivity contribution in [2.45, 2.75) is 59.5 Å². The third-order valence-electron chi connectivity index (χ3n) is 3.80. The molecule has 0 aliphatic carbocycles. The van der Waals surface area contributed by atoms with Gasteiger partial charge in [0.2, 0.25) is 5.60 Å². The predicted octanol–water partition coefficient (Wildman–Crippen LogP) is 4.02. The fraction of sp³-hybridized carbons (Fsp3) is 0.562. The molecule has 0 spiro atoms. The van der Waals surface area contributed by atoms with Crippen LogP contribution in [0.4, 0.5) is 0 Å². The molecule has 0 amide bonds. The van der Waals surface area contributed by atoms with E-state index in [2.05, 4.69) is 0 Å². The first-order chi connectivity index (χ1) is 8.81. The van der Waals surface area contributed by atoms with E-state index in [1.54, 1.807) is 6.92 Å². The number of hydrogen-bond acceptors (Lipinski definition) is 2. The molecule has 1 N–H and O–H groups in total. The molecule has 1 unspecified atom stereocenters. The Morgan fingerprint density at radius 2 is 1.89 bits per heavy atom. The van der Waals surface area contributed by atoms with E-state index in [9.17, 15) is 9.90 Å². The van der Waals surface area contributed by atoms with Crippen LogP contribution in [0.3, 0.4) is 0 Å². The van der Waals surface area contributed by atoms with Crippen LogP contribution < -0.4 is 4.74 Å². The largest absolute Gasteiger partial charge is 0.478 e. The first kappa shape index (κ1) is 15.5. The summed E-state index contributed by atoms with van der Waals surface area (Å²) in [6.07, 6.45) is 2.32. The van der Waals surface area contributed by atoms with Gasteiger partial charge in [0.1, 0.15) is 5.75 Å². The molecule has 3 heteroatoms. The highest BCUT2D eigenvalue weighted by Gasteiger charge is 2.35. The lowest BCUT2D eigenvalue weighted by molar-refractivity contribution is -0.154. The number of hydrogen-bond donors (Lipinski definition) is 1. The molecule has 106 valence electrons. The second-order valence-electron chi connectivity index (χ2n) is 5.37. The normalized spacial score (nSPS) is 13.9. The molecule has 0 fully saturated rings. The molecule has 0 aliphatic rings. The quantitative estimate of drug-likeness (QED) is 0.844. The van der Waals surface area contributed by atoms with Gasteiger partial charge in [-0.3, -0.25) is 0 Å². The Morgan fingerprint density at radius 1 is 1.26 bits per heavy atom. The van der Waals surface area contributed by atoms with Crippen LogP contribution in [0.15, 0.2) is 12.1 Å². The van der Waals surface area contributed by atoms with E-state index in [4.69, 9.17) is 4.74 Å². The molecule has 0 saturated carbocycles. The van der Waals surface area contributed by atoms with E-state index in [1.165, 1.54) is 5.56 Å². The van der Waals surface area contributed by atoms with Gasteiger partial charge in [0.15, 0.2) is 0 Å². The van der Waals surface area contributed by atoms with Gasteiger partial charge < -0.3 is 9.84 Å². The van der Waals surface area contributed by atoms with Gasteiger partial charge in [-0.05, 0) is 63.3 Å². The Kier molecular flexibility index (Phi) is 4.98. The van der Waals surface area contributed by atoms with Gasteiger partial charge in [0.05, 0.1) is 0 Å². The number of rotatable bonds is 6. The van der Waals surface area contributed by atoms with E-state index in [-0.39, 0.29) is 0 Å². The second-order valence-corrected chi connectivity index (χ2v) is 5.37. The molecule has 1 aromatic rings. The summed E-state index contributed by atoms with van der Waals surface area (Å²) in [5, 5.41) is 9.41. The SMILES string of the molecule is CCCCC(C)(Oc1ccc(C)c(C)c1C)C(=O)O. The first-order valence-electron chi connectivity index (χ1n) is 6.81. The van der Waals surface area contributed by atoms with Gasteiger partial charge in [-0.2, -0.15) is 0 Å². The zero-order valence-corrected chi connectivity index (χ0v) is 12.5. The Labute approximate surface area is 115 Å². The predicted molar refractivity (Wildman–Crippen MR) is 76.8 cm³/mol. The number of carboxylic acid groups (broad SMARTS) is 1. The van der Waals surface area contributed by atoms with Crippen LogP contribution in [0.5, 0.6) is 5.75 Å². The average molecular weight is 264 g/mol.